The Kier molecular flexibility index (Phi) is 6.79. The largest absolute Gasteiger partial charge is 0.483 e. The number of fused-ring (bicyclic) bond motifs is 5. The maximum absolute atomic E-state index is 13.3. The number of para-hydroxylation sites is 1. The molecule has 2 amide bonds. The minimum absolute atomic E-state index is 0.00372. The van der Waals surface area contributed by atoms with Gasteiger partial charge < -0.3 is 14.4 Å². The fourth-order valence-corrected chi connectivity index (χ4v) is 5.93. The van der Waals surface area contributed by atoms with Gasteiger partial charge in [0, 0.05) is 12.3 Å². The van der Waals surface area contributed by atoms with Crippen LogP contribution in [0.3, 0.4) is 0 Å². The van der Waals surface area contributed by atoms with Crippen LogP contribution in [0, 0.1) is 0 Å². The smallest absolute Gasteiger partial charge is 0.262 e. The molecule has 5 aliphatic rings. The predicted octanol–water partition coefficient (Wildman–Crippen LogP) is 3.17. The summed E-state index contributed by atoms with van der Waals surface area (Å²) in [4.78, 5) is 34.8. The van der Waals surface area contributed by atoms with Gasteiger partial charge in [0.15, 0.2) is 6.61 Å². The molecule has 6 rings (SSSR count). The summed E-state index contributed by atoms with van der Waals surface area (Å²) in [5.41, 5.74) is 2.00. The highest BCUT2D eigenvalue weighted by Gasteiger charge is 2.36. The Hall–Kier alpha value is -2.25. The maximum Gasteiger partial charge on any atom is 0.262 e. The van der Waals surface area contributed by atoms with Crippen LogP contribution in [0.2, 0.25) is 0 Å². The van der Waals surface area contributed by atoms with Gasteiger partial charge in [-0.15, -0.1) is 0 Å². The van der Waals surface area contributed by atoms with Crippen LogP contribution in [0.25, 0.3) is 0 Å². The van der Waals surface area contributed by atoms with E-state index in [2.05, 4.69) is 16.0 Å². The molecular formula is C26H35N3O4. The highest BCUT2D eigenvalue weighted by atomic mass is 16.5. The maximum atomic E-state index is 13.3. The van der Waals surface area contributed by atoms with Crippen LogP contribution in [0.1, 0.15) is 62.8 Å². The number of likely N-dealkylation sites (N-methyl/N-ethyl adjacent to an activating group) is 1. The summed E-state index contributed by atoms with van der Waals surface area (Å²) in [6.07, 6.45) is 7.71. The van der Waals surface area contributed by atoms with Crippen LogP contribution in [0.4, 0.5) is 0 Å². The van der Waals surface area contributed by atoms with Crippen molar-refractivity contribution >= 4 is 17.5 Å². The van der Waals surface area contributed by atoms with Crippen molar-refractivity contribution in [1.29, 1.82) is 0 Å². The second-order valence-corrected chi connectivity index (χ2v) is 9.92. The molecular weight excluding hydrogens is 418 g/mol. The Labute approximate surface area is 196 Å². The zero-order valence-corrected chi connectivity index (χ0v) is 19.6. The summed E-state index contributed by atoms with van der Waals surface area (Å²) < 4.78 is 12.4. The second-order valence-electron chi connectivity index (χ2n) is 9.92. The molecule has 178 valence electrons. The third kappa shape index (κ3) is 4.85. The van der Waals surface area contributed by atoms with E-state index in [0.29, 0.717) is 19.1 Å². The number of nitrogens with zero attached hydrogens (tertiary/aromatic N) is 3. The van der Waals surface area contributed by atoms with E-state index in [1.807, 2.05) is 30.1 Å². The van der Waals surface area contributed by atoms with Gasteiger partial charge in [0.1, 0.15) is 5.75 Å². The Bertz CT molecular complexity index is 909. The van der Waals surface area contributed by atoms with Crippen molar-refractivity contribution in [1.82, 2.24) is 9.80 Å². The van der Waals surface area contributed by atoms with Gasteiger partial charge in [-0.1, -0.05) is 18.2 Å². The predicted molar refractivity (Wildman–Crippen MR) is 126 cm³/mol. The summed E-state index contributed by atoms with van der Waals surface area (Å²) in [6, 6.07) is 7.69. The number of rotatable bonds is 1. The molecule has 1 aromatic rings. The SMILES string of the molecule is CN1CCC[C@H]1C(=O)N=C1CCCN2C(=O)COc3ccccc3C3CCC(CC3)OCC12. The van der Waals surface area contributed by atoms with Gasteiger partial charge in [-0.05, 0) is 82.5 Å². The summed E-state index contributed by atoms with van der Waals surface area (Å²) in [5, 5.41) is 0. The first-order valence-electron chi connectivity index (χ1n) is 12.5. The molecule has 1 aromatic carbocycles. The summed E-state index contributed by atoms with van der Waals surface area (Å²) >= 11 is 0. The van der Waals surface area contributed by atoms with E-state index in [1.165, 1.54) is 5.56 Å². The van der Waals surface area contributed by atoms with Crippen molar-refractivity contribution < 1.29 is 19.1 Å². The topological polar surface area (TPSA) is 71.4 Å². The Morgan fingerprint density at radius 1 is 1.06 bits per heavy atom. The van der Waals surface area contributed by atoms with Crippen LogP contribution in [-0.2, 0) is 14.3 Å². The van der Waals surface area contributed by atoms with Crippen molar-refractivity contribution in [3.63, 3.8) is 0 Å². The average molecular weight is 454 g/mol. The first-order chi connectivity index (χ1) is 16.1. The molecule has 1 saturated carbocycles. The van der Waals surface area contributed by atoms with Crippen LogP contribution < -0.4 is 4.74 Å². The van der Waals surface area contributed by atoms with E-state index in [-0.39, 0.29) is 36.6 Å². The zero-order chi connectivity index (χ0) is 22.8. The number of hydrogen-bond acceptors (Lipinski definition) is 5. The lowest BCUT2D eigenvalue weighted by Gasteiger charge is -2.37. The van der Waals surface area contributed by atoms with Gasteiger partial charge in [-0.25, -0.2) is 4.99 Å². The molecule has 0 radical (unpaired) electrons. The quantitative estimate of drug-likeness (QED) is 0.653. The molecule has 2 saturated heterocycles. The van der Waals surface area contributed by atoms with Crippen LogP contribution in [0.15, 0.2) is 29.3 Å². The van der Waals surface area contributed by atoms with E-state index in [1.54, 1.807) is 0 Å². The normalized spacial score (nSPS) is 32.3. The van der Waals surface area contributed by atoms with E-state index in [4.69, 9.17) is 9.47 Å². The van der Waals surface area contributed by atoms with E-state index in [9.17, 15) is 9.59 Å². The zero-order valence-electron chi connectivity index (χ0n) is 19.6. The molecule has 2 bridgehead atoms. The number of likely N-dealkylation sites (tertiary alicyclic amines) is 1. The van der Waals surface area contributed by atoms with Crippen molar-refractivity contribution in [3.05, 3.63) is 29.8 Å². The lowest BCUT2D eigenvalue weighted by Crippen LogP contribution is -2.53. The fourth-order valence-electron chi connectivity index (χ4n) is 5.93. The highest BCUT2D eigenvalue weighted by molar-refractivity contribution is 6.02. The number of piperidine rings is 1. The number of ether oxygens (including phenoxy) is 2. The molecule has 2 atom stereocenters. The number of aliphatic imine (C=N–C) groups is 1. The summed E-state index contributed by atoms with van der Waals surface area (Å²) in [5.74, 6) is 1.12. The average Bonchev–Trinajstić information content (AvgIpc) is 3.28. The third-order valence-corrected chi connectivity index (χ3v) is 7.85. The molecule has 33 heavy (non-hydrogen) atoms. The number of amides is 2. The minimum atomic E-state index is -0.292. The van der Waals surface area contributed by atoms with Crippen molar-refractivity contribution in [2.24, 2.45) is 4.99 Å². The molecule has 0 aromatic heterocycles. The number of carbonyl (C=O) groups is 2. The highest BCUT2D eigenvalue weighted by Crippen LogP contribution is 2.38. The molecule has 1 aliphatic carbocycles. The molecule has 7 nitrogen and oxygen atoms in total. The Balaban J connectivity index is 1.41. The van der Waals surface area contributed by atoms with Gasteiger partial charge in [-0.3, -0.25) is 14.5 Å². The lowest BCUT2D eigenvalue weighted by atomic mass is 9.82. The molecule has 7 heteroatoms. The van der Waals surface area contributed by atoms with E-state index < -0.39 is 0 Å². The van der Waals surface area contributed by atoms with Gasteiger partial charge in [0.25, 0.3) is 11.8 Å². The number of carbonyl (C=O) groups excluding carboxylic acids is 2. The summed E-state index contributed by atoms with van der Waals surface area (Å²) in [7, 11) is 1.99. The first-order valence-corrected chi connectivity index (χ1v) is 12.5. The monoisotopic (exact) mass is 453 g/mol. The van der Waals surface area contributed by atoms with Crippen molar-refractivity contribution in [2.75, 3.05) is 33.4 Å². The fraction of sp³-hybridized carbons (Fsp3) is 0.654. The lowest BCUT2D eigenvalue weighted by molar-refractivity contribution is -0.136. The van der Waals surface area contributed by atoms with Crippen molar-refractivity contribution in [3.8, 4) is 5.75 Å². The molecule has 0 N–H and O–H groups in total. The van der Waals surface area contributed by atoms with Crippen LogP contribution in [0.5, 0.6) is 5.75 Å². The van der Waals surface area contributed by atoms with Crippen molar-refractivity contribution in [2.45, 2.75) is 75.5 Å². The van der Waals surface area contributed by atoms with Crippen LogP contribution in [-0.4, -0.2) is 78.9 Å². The molecule has 4 heterocycles. The Morgan fingerprint density at radius 3 is 2.67 bits per heavy atom. The number of benzene rings is 1. The molecule has 3 fully saturated rings. The van der Waals surface area contributed by atoms with Gasteiger partial charge in [0.2, 0.25) is 0 Å². The molecule has 1 unspecified atom stereocenters. The Morgan fingerprint density at radius 2 is 1.88 bits per heavy atom. The first kappa shape index (κ1) is 22.5. The van der Waals surface area contributed by atoms with Gasteiger partial charge in [-0.2, -0.15) is 0 Å². The molecule has 0 spiro atoms. The van der Waals surface area contributed by atoms with Crippen LogP contribution >= 0.6 is 0 Å². The number of hydrogen-bond donors (Lipinski definition) is 0. The summed E-state index contributed by atoms with van der Waals surface area (Å²) in [6.45, 7) is 1.97. The van der Waals surface area contributed by atoms with E-state index in [0.717, 1.165) is 69.4 Å². The van der Waals surface area contributed by atoms with E-state index >= 15 is 0 Å². The standard InChI is InChI=1S/C26H35N3O4/c1-28-14-5-8-22(28)26(31)27-21-7-4-15-29-23(21)16-32-19-12-10-18(11-13-19)20-6-2-3-9-24(20)33-17-25(29)30/h2-3,6,9,18-19,22-23H,4-5,7-8,10-17H2,1H3/t18?,19?,22-,23?/m0/s1. The third-order valence-electron chi connectivity index (χ3n) is 7.85. The van der Waals surface area contributed by atoms with Gasteiger partial charge >= 0.3 is 0 Å². The minimum Gasteiger partial charge on any atom is -0.483 e. The second kappa shape index (κ2) is 9.94. The molecule has 4 aliphatic heterocycles. The van der Waals surface area contributed by atoms with Gasteiger partial charge in [0.05, 0.1) is 24.8 Å².